The van der Waals surface area contributed by atoms with Crippen molar-refractivity contribution in [2.24, 2.45) is 0 Å². The Kier molecular flexibility index (Phi) is 3.33. The molecule has 0 aliphatic heterocycles. The quantitative estimate of drug-likeness (QED) is 0.470. The van der Waals surface area contributed by atoms with E-state index in [9.17, 15) is 4.79 Å². The number of hydrogen-bond donors (Lipinski definition) is 0. The molecule has 0 amide bonds. The van der Waals surface area contributed by atoms with Crippen LogP contribution in [0.5, 0.6) is 11.5 Å². The molecule has 3 nitrogen and oxygen atoms in total. The van der Waals surface area contributed by atoms with Gasteiger partial charge in [-0.3, -0.25) is 0 Å². The van der Waals surface area contributed by atoms with Gasteiger partial charge < -0.3 is 9.47 Å². The summed E-state index contributed by atoms with van der Waals surface area (Å²) in [6.45, 7) is 5.16. The highest BCUT2D eigenvalue weighted by molar-refractivity contribution is 5.92. The van der Waals surface area contributed by atoms with Gasteiger partial charge in [0.2, 0.25) is 0 Å². The van der Waals surface area contributed by atoms with Gasteiger partial charge in [-0.25, -0.2) is 4.79 Å². The summed E-state index contributed by atoms with van der Waals surface area (Å²) < 4.78 is 10.4. The minimum atomic E-state index is -0.419. The standard InChI is InChI=1S/C15H14O3/c1-10(2)15(16)18-12-7-8-13-11(9-12)5-4-6-14(13)17-3/h4-9H,1H2,2-3H3. The van der Waals surface area contributed by atoms with E-state index in [0.29, 0.717) is 11.3 Å². The molecule has 0 aliphatic carbocycles. The van der Waals surface area contributed by atoms with Gasteiger partial charge in [-0.05, 0) is 36.6 Å². The molecule has 0 radical (unpaired) electrons. The zero-order valence-corrected chi connectivity index (χ0v) is 10.4. The zero-order chi connectivity index (χ0) is 13.1. The van der Waals surface area contributed by atoms with Gasteiger partial charge in [0.25, 0.3) is 0 Å². The smallest absolute Gasteiger partial charge is 0.338 e. The van der Waals surface area contributed by atoms with Crippen LogP contribution in [0.4, 0.5) is 0 Å². The first-order chi connectivity index (χ1) is 8.61. The van der Waals surface area contributed by atoms with Crippen molar-refractivity contribution in [1.82, 2.24) is 0 Å². The molecule has 0 heterocycles. The molecule has 0 aromatic heterocycles. The van der Waals surface area contributed by atoms with Crippen molar-refractivity contribution in [2.75, 3.05) is 7.11 Å². The summed E-state index contributed by atoms with van der Waals surface area (Å²) in [6.07, 6.45) is 0. The molecule has 18 heavy (non-hydrogen) atoms. The fourth-order valence-electron chi connectivity index (χ4n) is 1.67. The van der Waals surface area contributed by atoms with Crippen LogP contribution in [0.1, 0.15) is 6.92 Å². The fraction of sp³-hybridized carbons (Fsp3) is 0.133. The van der Waals surface area contributed by atoms with Gasteiger partial charge in [0, 0.05) is 11.0 Å². The minimum absolute atomic E-state index is 0.376. The summed E-state index contributed by atoms with van der Waals surface area (Å²) in [6, 6.07) is 11.1. The summed E-state index contributed by atoms with van der Waals surface area (Å²) >= 11 is 0. The van der Waals surface area contributed by atoms with E-state index in [0.717, 1.165) is 16.5 Å². The minimum Gasteiger partial charge on any atom is -0.496 e. The normalized spacial score (nSPS) is 10.1. The van der Waals surface area contributed by atoms with Crippen molar-refractivity contribution in [3.63, 3.8) is 0 Å². The highest BCUT2D eigenvalue weighted by Crippen LogP contribution is 2.28. The molecule has 0 fully saturated rings. The predicted octanol–water partition coefficient (Wildman–Crippen LogP) is 3.33. The Labute approximate surface area is 106 Å². The van der Waals surface area contributed by atoms with Crippen molar-refractivity contribution in [2.45, 2.75) is 6.92 Å². The molecular formula is C15H14O3. The van der Waals surface area contributed by atoms with E-state index in [2.05, 4.69) is 6.58 Å². The van der Waals surface area contributed by atoms with Crippen LogP contribution in [0.2, 0.25) is 0 Å². The third kappa shape index (κ3) is 2.35. The van der Waals surface area contributed by atoms with E-state index < -0.39 is 5.97 Å². The monoisotopic (exact) mass is 242 g/mol. The SMILES string of the molecule is C=C(C)C(=O)Oc1ccc2c(OC)cccc2c1. The van der Waals surface area contributed by atoms with E-state index >= 15 is 0 Å². The largest absolute Gasteiger partial charge is 0.496 e. The lowest BCUT2D eigenvalue weighted by Gasteiger charge is -2.08. The van der Waals surface area contributed by atoms with Crippen molar-refractivity contribution in [3.8, 4) is 11.5 Å². The molecule has 92 valence electrons. The summed E-state index contributed by atoms with van der Waals surface area (Å²) in [4.78, 5) is 11.4. The molecule has 2 rings (SSSR count). The first kappa shape index (κ1) is 12.2. The van der Waals surface area contributed by atoms with E-state index in [1.54, 1.807) is 26.2 Å². The first-order valence-corrected chi connectivity index (χ1v) is 5.56. The van der Waals surface area contributed by atoms with Crippen LogP contribution in [0.3, 0.4) is 0 Å². The second kappa shape index (κ2) is 4.92. The van der Waals surface area contributed by atoms with Crippen LogP contribution >= 0.6 is 0 Å². The van der Waals surface area contributed by atoms with Gasteiger partial charge in [-0.15, -0.1) is 0 Å². The molecule has 0 bridgehead atoms. The molecule has 0 spiro atoms. The number of benzene rings is 2. The lowest BCUT2D eigenvalue weighted by Crippen LogP contribution is -2.07. The van der Waals surface area contributed by atoms with Crippen LogP contribution in [0.25, 0.3) is 10.8 Å². The lowest BCUT2D eigenvalue weighted by atomic mass is 10.1. The van der Waals surface area contributed by atoms with E-state index in [-0.39, 0.29) is 0 Å². The lowest BCUT2D eigenvalue weighted by molar-refractivity contribution is -0.130. The van der Waals surface area contributed by atoms with Gasteiger partial charge in [0.1, 0.15) is 11.5 Å². The van der Waals surface area contributed by atoms with E-state index in [1.807, 2.05) is 24.3 Å². The Morgan fingerprint density at radius 1 is 1.22 bits per heavy atom. The van der Waals surface area contributed by atoms with Crippen molar-refractivity contribution in [3.05, 3.63) is 48.6 Å². The number of rotatable bonds is 3. The number of ether oxygens (including phenoxy) is 2. The molecule has 0 unspecified atom stereocenters. The molecule has 0 saturated heterocycles. The van der Waals surface area contributed by atoms with Crippen LogP contribution in [-0.2, 0) is 4.79 Å². The van der Waals surface area contributed by atoms with Gasteiger partial charge in [-0.1, -0.05) is 18.7 Å². The molecule has 0 saturated carbocycles. The Hall–Kier alpha value is -2.29. The summed E-state index contributed by atoms with van der Waals surface area (Å²) in [7, 11) is 1.63. The third-order valence-corrected chi connectivity index (χ3v) is 2.59. The van der Waals surface area contributed by atoms with Gasteiger partial charge in [-0.2, -0.15) is 0 Å². The van der Waals surface area contributed by atoms with Crippen LogP contribution < -0.4 is 9.47 Å². The number of methoxy groups -OCH3 is 1. The number of carbonyl (C=O) groups excluding carboxylic acids is 1. The Morgan fingerprint density at radius 2 is 2.00 bits per heavy atom. The second-order valence-corrected chi connectivity index (χ2v) is 4.01. The summed E-state index contributed by atoms with van der Waals surface area (Å²) in [5.74, 6) is 0.881. The first-order valence-electron chi connectivity index (χ1n) is 5.56. The fourth-order valence-corrected chi connectivity index (χ4v) is 1.67. The van der Waals surface area contributed by atoms with Crippen molar-refractivity contribution < 1.29 is 14.3 Å². The maximum Gasteiger partial charge on any atom is 0.338 e. The summed E-state index contributed by atoms with van der Waals surface area (Å²) in [5, 5.41) is 1.94. The average molecular weight is 242 g/mol. The summed E-state index contributed by atoms with van der Waals surface area (Å²) in [5.41, 5.74) is 0.376. The zero-order valence-electron chi connectivity index (χ0n) is 10.4. The topological polar surface area (TPSA) is 35.5 Å². The molecule has 2 aromatic rings. The average Bonchev–Trinajstić information content (AvgIpc) is 2.37. The number of carbonyl (C=O) groups is 1. The second-order valence-electron chi connectivity index (χ2n) is 4.01. The van der Waals surface area contributed by atoms with Gasteiger partial charge >= 0.3 is 5.97 Å². The highest BCUT2D eigenvalue weighted by Gasteiger charge is 2.07. The Morgan fingerprint density at radius 3 is 2.67 bits per heavy atom. The molecule has 3 heteroatoms. The molecule has 2 aromatic carbocycles. The van der Waals surface area contributed by atoms with E-state index in [4.69, 9.17) is 9.47 Å². The molecule has 0 atom stereocenters. The molecule has 0 N–H and O–H groups in total. The number of fused-ring (bicyclic) bond motifs is 1. The molecular weight excluding hydrogens is 228 g/mol. The maximum absolute atomic E-state index is 11.4. The highest BCUT2D eigenvalue weighted by atomic mass is 16.5. The van der Waals surface area contributed by atoms with Crippen LogP contribution in [0, 0.1) is 0 Å². The van der Waals surface area contributed by atoms with E-state index in [1.165, 1.54) is 0 Å². The van der Waals surface area contributed by atoms with Crippen molar-refractivity contribution in [1.29, 1.82) is 0 Å². The molecule has 0 aliphatic rings. The number of esters is 1. The van der Waals surface area contributed by atoms with Crippen LogP contribution in [-0.4, -0.2) is 13.1 Å². The van der Waals surface area contributed by atoms with Gasteiger partial charge in [0.05, 0.1) is 7.11 Å². The van der Waals surface area contributed by atoms with Crippen LogP contribution in [0.15, 0.2) is 48.6 Å². The Balaban J connectivity index is 2.39. The number of hydrogen-bond acceptors (Lipinski definition) is 3. The predicted molar refractivity (Wildman–Crippen MR) is 70.9 cm³/mol. The maximum atomic E-state index is 11.4. The van der Waals surface area contributed by atoms with Crippen molar-refractivity contribution >= 4 is 16.7 Å². The van der Waals surface area contributed by atoms with Gasteiger partial charge in [0.15, 0.2) is 0 Å². The third-order valence-electron chi connectivity index (χ3n) is 2.59. The Bertz CT molecular complexity index is 614.